The Balaban J connectivity index is 2.64. The normalized spacial score (nSPS) is 11.1. The van der Waals surface area contributed by atoms with E-state index in [1.807, 2.05) is 7.05 Å². The number of nitrogens with zero attached hydrogens (tertiary/aromatic N) is 2. The highest BCUT2D eigenvalue weighted by molar-refractivity contribution is 9.10. The van der Waals surface area contributed by atoms with Gasteiger partial charge in [0.1, 0.15) is 5.82 Å². The van der Waals surface area contributed by atoms with Crippen LogP contribution in [0.15, 0.2) is 10.5 Å². The maximum Gasteiger partial charge on any atom is 0.162 e. The van der Waals surface area contributed by atoms with Crippen molar-refractivity contribution < 1.29 is 0 Å². The summed E-state index contributed by atoms with van der Waals surface area (Å²) in [5.41, 5.74) is 2.17. The lowest BCUT2D eigenvalue weighted by atomic mass is 10.1. The van der Waals surface area contributed by atoms with Gasteiger partial charge in [-0.2, -0.15) is 0 Å². The molecule has 0 fully saturated rings. The molecule has 0 radical (unpaired) electrons. The van der Waals surface area contributed by atoms with Crippen LogP contribution in [0.25, 0.3) is 11.4 Å². The Kier molecular flexibility index (Phi) is 4.26. The molecule has 2 heterocycles. The van der Waals surface area contributed by atoms with E-state index in [4.69, 9.17) is 4.98 Å². The minimum Gasteiger partial charge on any atom is -0.372 e. The van der Waals surface area contributed by atoms with Crippen LogP contribution < -0.4 is 5.32 Å². The number of nitrogens with one attached hydrogen (secondary N) is 1. The number of hydrogen-bond acceptors (Lipinski definition) is 4. The molecule has 0 aliphatic heterocycles. The Labute approximate surface area is 126 Å². The van der Waals surface area contributed by atoms with Crippen molar-refractivity contribution in [3.05, 3.63) is 26.0 Å². The van der Waals surface area contributed by atoms with Crippen LogP contribution in [0.4, 0.5) is 5.82 Å². The summed E-state index contributed by atoms with van der Waals surface area (Å²) in [5.74, 6) is 2.00. The van der Waals surface area contributed by atoms with Crippen LogP contribution in [-0.4, -0.2) is 17.0 Å². The van der Waals surface area contributed by atoms with Gasteiger partial charge in [-0.1, -0.05) is 13.8 Å². The molecule has 0 saturated carbocycles. The van der Waals surface area contributed by atoms with Crippen molar-refractivity contribution in [2.45, 2.75) is 33.6 Å². The molecular weight excluding hydrogens is 322 g/mol. The fourth-order valence-electron chi connectivity index (χ4n) is 1.99. The monoisotopic (exact) mass is 339 g/mol. The van der Waals surface area contributed by atoms with Gasteiger partial charge in [0.25, 0.3) is 0 Å². The zero-order valence-electron chi connectivity index (χ0n) is 11.8. The quantitative estimate of drug-likeness (QED) is 0.876. The zero-order chi connectivity index (χ0) is 14.2. The molecule has 3 nitrogen and oxygen atoms in total. The van der Waals surface area contributed by atoms with E-state index >= 15 is 0 Å². The predicted octanol–water partition coefficient (Wildman–Crippen LogP) is 4.75. The summed E-state index contributed by atoms with van der Waals surface area (Å²) >= 11 is 5.37. The van der Waals surface area contributed by atoms with E-state index < -0.39 is 0 Å². The Hall–Kier alpha value is -0.940. The van der Waals surface area contributed by atoms with Gasteiger partial charge in [0.15, 0.2) is 5.82 Å². The molecule has 2 aromatic rings. The number of aromatic nitrogens is 2. The third-order valence-corrected chi connectivity index (χ3v) is 4.69. The summed E-state index contributed by atoms with van der Waals surface area (Å²) in [5, 5.41) is 3.13. The predicted molar refractivity (Wildman–Crippen MR) is 86.2 cm³/mol. The second-order valence-corrected chi connectivity index (χ2v) is 7.08. The number of hydrogen-bond donors (Lipinski definition) is 1. The van der Waals surface area contributed by atoms with Gasteiger partial charge >= 0.3 is 0 Å². The molecule has 0 aliphatic rings. The maximum atomic E-state index is 4.73. The summed E-state index contributed by atoms with van der Waals surface area (Å²) < 4.78 is 0.957. The summed E-state index contributed by atoms with van der Waals surface area (Å²) in [4.78, 5) is 11.9. The van der Waals surface area contributed by atoms with Crippen LogP contribution >= 0.6 is 27.3 Å². The van der Waals surface area contributed by atoms with Crippen LogP contribution in [0.3, 0.4) is 0 Å². The van der Waals surface area contributed by atoms with Crippen molar-refractivity contribution in [2.24, 2.45) is 0 Å². The lowest BCUT2D eigenvalue weighted by Crippen LogP contribution is -2.04. The molecule has 2 aromatic heterocycles. The Bertz CT molecular complexity index is 605. The van der Waals surface area contributed by atoms with Crippen LogP contribution in [0.5, 0.6) is 0 Å². The van der Waals surface area contributed by atoms with E-state index in [0.29, 0.717) is 5.92 Å². The first-order chi connectivity index (χ1) is 8.93. The number of aryl methyl sites for hydroxylation is 2. The third kappa shape index (κ3) is 2.82. The van der Waals surface area contributed by atoms with E-state index in [0.717, 1.165) is 27.4 Å². The summed E-state index contributed by atoms with van der Waals surface area (Å²) in [6, 6.07) is 2.16. The van der Waals surface area contributed by atoms with Gasteiger partial charge in [-0.15, -0.1) is 11.3 Å². The minimum absolute atomic E-state index is 0.350. The van der Waals surface area contributed by atoms with Gasteiger partial charge in [0, 0.05) is 22.4 Å². The largest absolute Gasteiger partial charge is 0.372 e. The standard InChI is InChI=1S/C14H18BrN3S/c1-7(2)12-11(15)14(16-5)18-13(17-12)10-6-8(3)19-9(10)4/h6-7H,1-5H3,(H,16,17,18). The highest BCUT2D eigenvalue weighted by Crippen LogP contribution is 2.34. The number of rotatable bonds is 3. The summed E-state index contributed by atoms with van der Waals surface area (Å²) in [6.45, 7) is 8.51. The molecule has 0 saturated heterocycles. The average Bonchev–Trinajstić information content (AvgIpc) is 2.68. The molecule has 0 bridgehead atoms. The van der Waals surface area contributed by atoms with Crippen molar-refractivity contribution in [2.75, 3.05) is 12.4 Å². The fraction of sp³-hybridized carbons (Fsp3) is 0.429. The Morgan fingerprint density at radius 3 is 2.42 bits per heavy atom. The summed E-state index contributed by atoms with van der Waals surface area (Å²) in [7, 11) is 1.88. The molecule has 0 spiro atoms. The van der Waals surface area contributed by atoms with Crippen molar-refractivity contribution >= 4 is 33.1 Å². The molecule has 1 N–H and O–H groups in total. The zero-order valence-corrected chi connectivity index (χ0v) is 14.2. The van der Waals surface area contributed by atoms with Gasteiger partial charge in [-0.05, 0) is 41.8 Å². The van der Waals surface area contributed by atoms with Gasteiger partial charge < -0.3 is 5.32 Å². The minimum atomic E-state index is 0.350. The van der Waals surface area contributed by atoms with Crippen molar-refractivity contribution in [3.8, 4) is 11.4 Å². The van der Waals surface area contributed by atoms with E-state index in [1.54, 1.807) is 11.3 Å². The molecule has 5 heteroatoms. The summed E-state index contributed by atoms with van der Waals surface area (Å²) in [6.07, 6.45) is 0. The van der Waals surface area contributed by atoms with E-state index in [1.165, 1.54) is 9.75 Å². The molecule has 0 amide bonds. The second-order valence-electron chi connectivity index (χ2n) is 4.83. The Morgan fingerprint density at radius 2 is 1.95 bits per heavy atom. The fourth-order valence-corrected chi connectivity index (χ4v) is 3.74. The molecule has 0 aromatic carbocycles. The van der Waals surface area contributed by atoms with Gasteiger partial charge in [0.2, 0.25) is 0 Å². The first-order valence-electron chi connectivity index (χ1n) is 6.26. The lowest BCUT2D eigenvalue weighted by molar-refractivity contribution is 0.810. The van der Waals surface area contributed by atoms with Crippen molar-refractivity contribution in [1.29, 1.82) is 0 Å². The Morgan fingerprint density at radius 1 is 1.26 bits per heavy atom. The lowest BCUT2D eigenvalue weighted by Gasteiger charge is -2.13. The second kappa shape index (κ2) is 5.59. The van der Waals surface area contributed by atoms with Crippen LogP contribution in [-0.2, 0) is 0 Å². The number of thiophene rings is 1. The van der Waals surface area contributed by atoms with Gasteiger partial charge in [-0.3, -0.25) is 0 Å². The maximum absolute atomic E-state index is 4.73. The van der Waals surface area contributed by atoms with E-state index in [9.17, 15) is 0 Å². The SMILES string of the molecule is CNc1nc(-c2cc(C)sc2C)nc(C(C)C)c1Br. The smallest absolute Gasteiger partial charge is 0.162 e. The van der Waals surface area contributed by atoms with Gasteiger partial charge in [0.05, 0.1) is 10.2 Å². The molecule has 19 heavy (non-hydrogen) atoms. The first-order valence-corrected chi connectivity index (χ1v) is 7.87. The molecule has 0 atom stereocenters. The van der Waals surface area contributed by atoms with Gasteiger partial charge in [-0.25, -0.2) is 9.97 Å². The number of halogens is 1. The molecular formula is C14H18BrN3S. The number of anilines is 1. The molecule has 0 aliphatic carbocycles. The molecule has 102 valence electrons. The molecule has 2 rings (SSSR count). The van der Waals surface area contributed by atoms with Crippen LogP contribution in [0, 0.1) is 13.8 Å². The third-order valence-electron chi connectivity index (χ3n) is 2.94. The van der Waals surface area contributed by atoms with Crippen molar-refractivity contribution in [3.63, 3.8) is 0 Å². The highest BCUT2D eigenvalue weighted by atomic mass is 79.9. The van der Waals surface area contributed by atoms with E-state index in [-0.39, 0.29) is 0 Å². The van der Waals surface area contributed by atoms with Crippen LogP contribution in [0.1, 0.15) is 35.2 Å². The average molecular weight is 340 g/mol. The first kappa shape index (κ1) is 14.5. The highest BCUT2D eigenvalue weighted by Gasteiger charge is 2.17. The molecule has 0 unspecified atom stereocenters. The van der Waals surface area contributed by atoms with Crippen molar-refractivity contribution in [1.82, 2.24) is 9.97 Å². The van der Waals surface area contributed by atoms with Crippen LogP contribution in [0.2, 0.25) is 0 Å². The van der Waals surface area contributed by atoms with E-state index in [2.05, 4.69) is 60.0 Å². The topological polar surface area (TPSA) is 37.8 Å².